The van der Waals surface area contributed by atoms with Crippen LogP contribution in [0.5, 0.6) is 0 Å². The number of hydrogen-bond donors (Lipinski definition) is 1. The van der Waals surface area contributed by atoms with Gasteiger partial charge in [0.15, 0.2) is 0 Å². The Morgan fingerprint density at radius 2 is 2.00 bits per heavy atom. The summed E-state index contributed by atoms with van der Waals surface area (Å²) in [7, 11) is 3.59. The largest absolute Gasteiger partial charge is 0.350 e. The molecule has 0 aliphatic carbocycles. The number of amides is 1. The maximum Gasteiger partial charge on any atom is 0.242 e. The molecule has 1 atom stereocenters. The number of hydrogen-bond acceptors (Lipinski definition) is 3. The maximum atomic E-state index is 13.5. The number of carbonyl (C=O) groups excluding carboxylic acids is 1. The van der Waals surface area contributed by atoms with E-state index in [4.69, 9.17) is 0 Å². The van der Waals surface area contributed by atoms with Crippen molar-refractivity contribution in [2.24, 2.45) is 0 Å². The molecule has 1 N–H and O–H groups in total. The van der Waals surface area contributed by atoms with E-state index >= 15 is 0 Å². The predicted octanol–water partition coefficient (Wildman–Crippen LogP) is 3.24. The molecule has 0 fully saturated rings. The fourth-order valence-corrected chi connectivity index (χ4v) is 3.05. The first-order valence-electron chi connectivity index (χ1n) is 8.75. The molecule has 3 rings (SSSR count). The minimum absolute atomic E-state index is 0.186. The average Bonchev–Trinajstić information content (AvgIpc) is 3.09. The summed E-state index contributed by atoms with van der Waals surface area (Å²) in [4.78, 5) is 14.5. The smallest absolute Gasteiger partial charge is 0.242 e. The summed E-state index contributed by atoms with van der Waals surface area (Å²) in [6.45, 7) is 2.38. The number of aryl methyl sites for hydroxylation is 1. The topological polar surface area (TPSA) is 50.2 Å². The highest BCUT2D eigenvalue weighted by molar-refractivity contribution is 5.83. The zero-order valence-electron chi connectivity index (χ0n) is 15.7. The first-order valence-corrected chi connectivity index (χ1v) is 8.75. The van der Waals surface area contributed by atoms with Crippen molar-refractivity contribution in [3.05, 3.63) is 83.4 Å². The summed E-state index contributed by atoms with van der Waals surface area (Å²) < 4.78 is 15.3. The van der Waals surface area contributed by atoms with Crippen LogP contribution in [0.25, 0.3) is 5.69 Å². The van der Waals surface area contributed by atoms with E-state index in [1.807, 2.05) is 37.4 Å². The lowest BCUT2D eigenvalue weighted by atomic mass is 10.0. The third-order valence-electron chi connectivity index (χ3n) is 4.39. The van der Waals surface area contributed by atoms with Crippen molar-refractivity contribution in [1.29, 1.82) is 0 Å². The number of rotatable bonds is 6. The Morgan fingerprint density at radius 1 is 1.22 bits per heavy atom. The van der Waals surface area contributed by atoms with Crippen LogP contribution in [0.2, 0.25) is 0 Å². The lowest BCUT2D eigenvalue weighted by Gasteiger charge is -2.23. The Labute approximate surface area is 158 Å². The van der Waals surface area contributed by atoms with E-state index in [1.165, 1.54) is 12.1 Å². The van der Waals surface area contributed by atoms with Gasteiger partial charge in [0.2, 0.25) is 5.91 Å². The van der Waals surface area contributed by atoms with Crippen LogP contribution >= 0.6 is 0 Å². The maximum absolute atomic E-state index is 13.5. The van der Waals surface area contributed by atoms with Gasteiger partial charge in [-0.05, 0) is 50.3 Å². The molecular weight excluding hydrogens is 343 g/mol. The van der Waals surface area contributed by atoms with Gasteiger partial charge in [-0.15, -0.1) is 0 Å². The van der Waals surface area contributed by atoms with Crippen molar-refractivity contribution in [2.45, 2.75) is 19.5 Å². The van der Waals surface area contributed by atoms with E-state index < -0.39 is 6.04 Å². The molecule has 0 unspecified atom stereocenters. The fraction of sp³-hybridized carbons (Fsp3) is 0.238. The molecule has 5 nitrogen and oxygen atoms in total. The SMILES string of the molecule is Cc1ccccc1-n1cc(CNC(=O)[C@H](c2cccc(F)c2)N(C)C)cn1. The molecule has 2 aromatic carbocycles. The standard InChI is InChI=1S/C21H23FN4O/c1-15-7-4-5-10-19(15)26-14-16(13-24-26)12-23-21(27)20(25(2)3)17-8-6-9-18(22)11-17/h4-11,13-14,20H,12H2,1-3H3,(H,23,27)/t20-/m0/s1. The van der Waals surface area contributed by atoms with Gasteiger partial charge >= 0.3 is 0 Å². The van der Waals surface area contributed by atoms with E-state index in [0.29, 0.717) is 12.1 Å². The number of nitrogens with one attached hydrogen (secondary N) is 1. The monoisotopic (exact) mass is 366 g/mol. The van der Waals surface area contributed by atoms with Gasteiger partial charge in [0.05, 0.1) is 11.9 Å². The van der Waals surface area contributed by atoms with Gasteiger partial charge in [-0.25, -0.2) is 9.07 Å². The normalized spacial score (nSPS) is 12.2. The van der Waals surface area contributed by atoms with Crippen molar-refractivity contribution < 1.29 is 9.18 Å². The first kappa shape index (κ1) is 18.8. The lowest BCUT2D eigenvalue weighted by molar-refractivity contribution is -0.125. The van der Waals surface area contributed by atoms with E-state index in [1.54, 1.807) is 42.0 Å². The van der Waals surface area contributed by atoms with Crippen molar-refractivity contribution in [1.82, 2.24) is 20.0 Å². The first-order chi connectivity index (χ1) is 13.0. The predicted molar refractivity (Wildman–Crippen MR) is 103 cm³/mol. The molecule has 1 heterocycles. The van der Waals surface area contributed by atoms with Crippen LogP contribution < -0.4 is 5.32 Å². The van der Waals surface area contributed by atoms with Crippen LogP contribution in [-0.4, -0.2) is 34.7 Å². The summed E-state index contributed by atoms with van der Waals surface area (Å²) in [5, 5.41) is 7.30. The molecule has 27 heavy (non-hydrogen) atoms. The van der Waals surface area contributed by atoms with Gasteiger partial charge in [-0.3, -0.25) is 9.69 Å². The Bertz CT molecular complexity index is 935. The number of likely N-dealkylation sites (N-methyl/N-ethyl adjacent to an activating group) is 1. The number of halogens is 1. The number of benzene rings is 2. The fourth-order valence-electron chi connectivity index (χ4n) is 3.05. The van der Waals surface area contributed by atoms with Crippen LogP contribution in [0.1, 0.15) is 22.7 Å². The van der Waals surface area contributed by atoms with Crippen molar-refractivity contribution in [3.63, 3.8) is 0 Å². The molecule has 6 heteroatoms. The van der Waals surface area contributed by atoms with Gasteiger partial charge in [-0.1, -0.05) is 30.3 Å². The Balaban J connectivity index is 1.70. The zero-order valence-corrected chi connectivity index (χ0v) is 15.7. The van der Waals surface area contributed by atoms with Crippen molar-refractivity contribution in [3.8, 4) is 5.69 Å². The summed E-state index contributed by atoms with van der Waals surface area (Å²) >= 11 is 0. The number of aromatic nitrogens is 2. The molecule has 0 bridgehead atoms. The van der Waals surface area contributed by atoms with Gasteiger partial charge in [0, 0.05) is 18.3 Å². The zero-order chi connectivity index (χ0) is 19.4. The minimum Gasteiger partial charge on any atom is -0.350 e. The van der Waals surface area contributed by atoms with Gasteiger partial charge in [0.1, 0.15) is 11.9 Å². The summed E-state index contributed by atoms with van der Waals surface area (Å²) in [5.74, 6) is -0.541. The second kappa shape index (κ2) is 8.14. The molecule has 0 radical (unpaired) electrons. The third-order valence-corrected chi connectivity index (χ3v) is 4.39. The molecule has 0 aliphatic heterocycles. The summed E-state index contributed by atoms with van der Waals surface area (Å²) in [6, 6.07) is 13.5. The van der Waals surface area contributed by atoms with Gasteiger partial charge in [-0.2, -0.15) is 5.10 Å². The average molecular weight is 366 g/mol. The molecule has 0 aliphatic rings. The molecule has 0 saturated carbocycles. The second-order valence-electron chi connectivity index (χ2n) is 6.72. The number of para-hydroxylation sites is 1. The quantitative estimate of drug-likeness (QED) is 0.729. The van der Waals surface area contributed by atoms with Crippen LogP contribution in [0.4, 0.5) is 4.39 Å². The number of nitrogens with zero attached hydrogens (tertiary/aromatic N) is 3. The Morgan fingerprint density at radius 3 is 2.70 bits per heavy atom. The molecule has 0 saturated heterocycles. The van der Waals surface area contributed by atoms with Crippen LogP contribution in [0, 0.1) is 12.7 Å². The minimum atomic E-state index is -0.563. The highest BCUT2D eigenvalue weighted by atomic mass is 19.1. The molecule has 0 spiro atoms. The van der Waals surface area contributed by atoms with E-state index in [0.717, 1.165) is 16.8 Å². The van der Waals surface area contributed by atoms with E-state index in [9.17, 15) is 9.18 Å². The highest BCUT2D eigenvalue weighted by Gasteiger charge is 2.23. The van der Waals surface area contributed by atoms with Gasteiger partial charge in [0.25, 0.3) is 0 Å². The molecule has 140 valence electrons. The molecule has 1 aromatic heterocycles. The molecular formula is C21H23FN4O. The molecule has 1 amide bonds. The summed E-state index contributed by atoms with van der Waals surface area (Å²) in [5.41, 5.74) is 3.63. The van der Waals surface area contributed by atoms with Crippen LogP contribution in [0.3, 0.4) is 0 Å². The van der Waals surface area contributed by atoms with E-state index in [2.05, 4.69) is 10.4 Å². The van der Waals surface area contributed by atoms with Crippen molar-refractivity contribution in [2.75, 3.05) is 14.1 Å². The number of carbonyl (C=O) groups is 1. The van der Waals surface area contributed by atoms with Crippen LogP contribution in [-0.2, 0) is 11.3 Å². The Hall–Kier alpha value is -2.99. The van der Waals surface area contributed by atoms with Gasteiger partial charge < -0.3 is 5.32 Å². The second-order valence-corrected chi connectivity index (χ2v) is 6.72. The highest BCUT2D eigenvalue weighted by Crippen LogP contribution is 2.20. The van der Waals surface area contributed by atoms with E-state index in [-0.39, 0.29) is 11.7 Å². The van der Waals surface area contributed by atoms with Crippen LogP contribution in [0.15, 0.2) is 60.9 Å². The third kappa shape index (κ3) is 4.41. The summed E-state index contributed by atoms with van der Waals surface area (Å²) in [6.07, 6.45) is 3.63. The van der Waals surface area contributed by atoms with Crippen molar-refractivity contribution >= 4 is 5.91 Å². The lowest BCUT2D eigenvalue weighted by Crippen LogP contribution is -2.36. The molecule has 3 aromatic rings. The Kier molecular flexibility index (Phi) is 5.66.